The number of sulfonamides is 1. The van der Waals surface area contributed by atoms with E-state index in [1.807, 2.05) is 0 Å². The summed E-state index contributed by atoms with van der Waals surface area (Å²) >= 11 is 5.93. The molecule has 0 spiro atoms. The van der Waals surface area contributed by atoms with E-state index < -0.39 is 10.0 Å². The van der Waals surface area contributed by atoms with E-state index in [9.17, 15) is 13.2 Å². The van der Waals surface area contributed by atoms with Crippen LogP contribution in [0.3, 0.4) is 0 Å². The molecule has 1 N–H and O–H groups in total. The highest BCUT2D eigenvalue weighted by Crippen LogP contribution is 2.26. The molecule has 0 atom stereocenters. The molecule has 6 nitrogen and oxygen atoms in total. The average molecular weight is 343 g/mol. The Morgan fingerprint density at radius 3 is 2.68 bits per heavy atom. The van der Waals surface area contributed by atoms with Crippen LogP contribution in [0.1, 0.15) is 5.56 Å². The predicted octanol–water partition coefficient (Wildman–Crippen LogP) is 1.53. The molecule has 0 aliphatic heterocycles. The molecule has 2 aromatic rings. The van der Waals surface area contributed by atoms with Gasteiger partial charge in [0.25, 0.3) is 5.56 Å². The first-order chi connectivity index (χ1) is 10.3. The zero-order valence-corrected chi connectivity index (χ0v) is 13.6. The van der Waals surface area contributed by atoms with Gasteiger partial charge in [-0.3, -0.25) is 4.79 Å². The number of aryl methyl sites for hydroxylation is 1. The number of pyridine rings is 1. The SMILES string of the molecule is COc1ccc(S(=O)(=O)NCc2cccn(C)c2=O)cc1Cl. The summed E-state index contributed by atoms with van der Waals surface area (Å²) in [5, 5.41) is 0.195. The van der Waals surface area contributed by atoms with Gasteiger partial charge in [0.1, 0.15) is 5.75 Å². The minimum absolute atomic E-state index is 0.00561. The number of hydrogen-bond donors (Lipinski definition) is 1. The van der Waals surface area contributed by atoms with Crippen molar-refractivity contribution in [1.82, 2.24) is 9.29 Å². The number of methoxy groups -OCH3 is 1. The van der Waals surface area contributed by atoms with Crippen molar-refractivity contribution >= 4 is 21.6 Å². The second-order valence-corrected chi connectivity index (χ2v) is 6.74. The van der Waals surface area contributed by atoms with Crippen molar-refractivity contribution in [1.29, 1.82) is 0 Å². The van der Waals surface area contributed by atoms with Gasteiger partial charge in [-0.15, -0.1) is 0 Å². The molecule has 8 heteroatoms. The number of benzene rings is 1. The van der Waals surface area contributed by atoms with Gasteiger partial charge in [-0.1, -0.05) is 17.7 Å². The quantitative estimate of drug-likeness (QED) is 0.893. The lowest BCUT2D eigenvalue weighted by molar-refractivity contribution is 0.414. The Morgan fingerprint density at radius 1 is 1.32 bits per heavy atom. The van der Waals surface area contributed by atoms with Gasteiger partial charge in [-0.25, -0.2) is 13.1 Å². The molecule has 0 unspecified atom stereocenters. The van der Waals surface area contributed by atoms with E-state index in [4.69, 9.17) is 16.3 Å². The molecule has 0 aliphatic rings. The standard InChI is InChI=1S/C14H15ClN2O4S/c1-17-7-3-4-10(14(17)18)9-16-22(19,20)11-5-6-13(21-2)12(15)8-11/h3-8,16H,9H2,1-2H3. The number of hydrogen-bond acceptors (Lipinski definition) is 4. The summed E-state index contributed by atoms with van der Waals surface area (Å²) in [7, 11) is -0.730. The summed E-state index contributed by atoms with van der Waals surface area (Å²) in [6, 6.07) is 7.40. The second-order valence-electron chi connectivity index (χ2n) is 4.57. The number of aromatic nitrogens is 1. The van der Waals surface area contributed by atoms with Crippen molar-refractivity contribution in [3.63, 3.8) is 0 Å². The van der Waals surface area contributed by atoms with Gasteiger partial charge in [-0.2, -0.15) is 0 Å². The van der Waals surface area contributed by atoms with E-state index in [-0.39, 0.29) is 22.0 Å². The monoisotopic (exact) mass is 342 g/mol. The Bertz CT molecular complexity index is 846. The zero-order valence-electron chi connectivity index (χ0n) is 12.0. The summed E-state index contributed by atoms with van der Waals surface area (Å²) in [6.45, 7) is -0.0977. The molecule has 118 valence electrons. The van der Waals surface area contributed by atoms with Crippen LogP contribution < -0.4 is 15.0 Å². The number of rotatable bonds is 5. The van der Waals surface area contributed by atoms with Crippen LogP contribution in [-0.2, 0) is 23.6 Å². The van der Waals surface area contributed by atoms with Crippen LogP contribution in [0.2, 0.25) is 5.02 Å². The third-order valence-electron chi connectivity index (χ3n) is 3.09. The van der Waals surface area contributed by atoms with Crippen LogP contribution in [0, 0.1) is 0 Å². The lowest BCUT2D eigenvalue weighted by Crippen LogP contribution is -2.28. The minimum Gasteiger partial charge on any atom is -0.495 e. The minimum atomic E-state index is -3.77. The first kappa shape index (κ1) is 16.5. The van der Waals surface area contributed by atoms with Crippen molar-refractivity contribution in [2.45, 2.75) is 11.4 Å². The largest absolute Gasteiger partial charge is 0.495 e. The molecule has 2 rings (SSSR count). The summed E-state index contributed by atoms with van der Waals surface area (Å²) in [4.78, 5) is 11.9. The summed E-state index contributed by atoms with van der Waals surface area (Å²) in [5.41, 5.74) is 0.103. The third-order valence-corrected chi connectivity index (χ3v) is 4.78. The van der Waals surface area contributed by atoms with Crippen molar-refractivity contribution in [2.75, 3.05) is 7.11 Å². The second kappa shape index (κ2) is 6.51. The van der Waals surface area contributed by atoms with E-state index >= 15 is 0 Å². The van der Waals surface area contributed by atoms with Crippen molar-refractivity contribution in [3.8, 4) is 5.75 Å². The van der Waals surface area contributed by atoms with Crippen molar-refractivity contribution in [3.05, 3.63) is 57.5 Å². The Morgan fingerprint density at radius 2 is 2.05 bits per heavy atom. The van der Waals surface area contributed by atoms with Crippen LogP contribution >= 0.6 is 11.6 Å². The number of halogens is 1. The molecule has 0 radical (unpaired) electrons. The zero-order chi connectivity index (χ0) is 16.3. The van der Waals surface area contributed by atoms with Gasteiger partial charge in [0, 0.05) is 25.4 Å². The molecular weight excluding hydrogens is 328 g/mol. The summed E-state index contributed by atoms with van der Waals surface area (Å²) in [6.07, 6.45) is 1.60. The Kier molecular flexibility index (Phi) is 4.90. The van der Waals surface area contributed by atoms with E-state index in [1.165, 1.54) is 29.9 Å². The van der Waals surface area contributed by atoms with Crippen LogP contribution in [0.4, 0.5) is 0 Å². The third kappa shape index (κ3) is 3.49. The normalized spacial score (nSPS) is 11.4. The molecule has 0 amide bonds. The highest BCUT2D eigenvalue weighted by atomic mass is 35.5. The first-order valence-electron chi connectivity index (χ1n) is 6.33. The molecule has 0 saturated carbocycles. The van der Waals surface area contributed by atoms with Gasteiger partial charge in [-0.05, 0) is 24.3 Å². The van der Waals surface area contributed by atoms with Crippen molar-refractivity contribution in [2.24, 2.45) is 7.05 Å². The number of ether oxygens (including phenoxy) is 1. The Balaban J connectivity index is 2.23. The molecule has 0 fully saturated rings. The van der Waals surface area contributed by atoms with Crippen LogP contribution in [0.15, 0.2) is 46.2 Å². The molecule has 0 aliphatic carbocycles. The lowest BCUT2D eigenvalue weighted by atomic mass is 10.3. The van der Waals surface area contributed by atoms with Crippen LogP contribution in [0.25, 0.3) is 0 Å². The fraction of sp³-hybridized carbons (Fsp3) is 0.214. The highest BCUT2D eigenvalue weighted by Gasteiger charge is 2.16. The molecule has 1 heterocycles. The number of nitrogens with one attached hydrogen (secondary N) is 1. The van der Waals surface area contributed by atoms with Gasteiger partial charge >= 0.3 is 0 Å². The smallest absolute Gasteiger partial charge is 0.254 e. The van der Waals surface area contributed by atoms with E-state index in [1.54, 1.807) is 25.4 Å². The van der Waals surface area contributed by atoms with Gasteiger partial charge < -0.3 is 9.30 Å². The lowest BCUT2D eigenvalue weighted by Gasteiger charge is -2.09. The predicted molar refractivity (Wildman–Crippen MR) is 83.7 cm³/mol. The molecule has 0 saturated heterocycles. The Hall–Kier alpha value is -1.83. The van der Waals surface area contributed by atoms with Gasteiger partial charge in [0.05, 0.1) is 17.0 Å². The summed E-state index contributed by atoms with van der Waals surface area (Å²) < 4.78 is 33.2. The molecule has 1 aromatic heterocycles. The topological polar surface area (TPSA) is 77.4 Å². The maximum absolute atomic E-state index is 12.2. The van der Waals surface area contributed by atoms with Gasteiger partial charge in [0.2, 0.25) is 10.0 Å². The highest BCUT2D eigenvalue weighted by molar-refractivity contribution is 7.89. The molecule has 22 heavy (non-hydrogen) atoms. The van der Waals surface area contributed by atoms with Gasteiger partial charge in [0.15, 0.2) is 0 Å². The molecule has 0 bridgehead atoms. The molecular formula is C14H15ClN2O4S. The molecule has 1 aromatic carbocycles. The average Bonchev–Trinajstić information content (AvgIpc) is 2.48. The van der Waals surface area contributed by atoms with Crippen LogP contribution in [-0.4, -0.2) is 20.1 Å². The fourth-order valence-electron chi connectivity index (χ4n) is 1.86. The van der Waals surface area contributed by atoms with Crippen LogP contribution in [0.5, 0.6) is 5.75 Å². The first-order valence-corrected chi connectivity index (χ1v) is 8.19. The van der Waals surface area contributed by atoms with Crippen molar-refractivity contribution < 1.29 is 13.2 Å². The maximum atomic E-state index is 12.2. The number of nitrogens with zero attached hydrogens (tertiary/aromatic N) is 1. The Labute approximate surface area is 133 Å². The fourth-order valence-corrected chi connectivity index (χ4v) is 3.21. The summed E-state index contributed by atoms with van der Waals surface area (Å²) in [5.74, 6) is 0.387. The van der Waals surface area contributed by atoms with E-state index in [0.717, 1.165) is 0 Å². The van der Waals surface area contributed by atoms with E-state index in [2.05, 4.69) is 4.72 Å². The maximum Gasteiger partial charge on any atom is 0.254 e. The van der Waals surface area contributed by atoms with E-state index in [0.29, 0.717) is 11.3 Å².